The molecule has 1 amide bonds. The summed E-state index contributed by atoms with van der Waals surface area (Å²) in [4.78, 5) is 19.6. The third kappa shape index (κ3) is 3.10. The van der Waals surface area contributed by atoms with Gasteiger partial charge < -0.3 is 9.84 Å². The molecule has 0 spiro atoms. The summed E-state index contributed by atoms with van der Waals surface area (Å²) in [6.07, 6.45) is 1.71. The fraction of sp³-hybridized carbons (Fsp3) is 0.273. The third-order valence-electron chi connectivity index (χ3n) is 2.06. The molecule has 88 valence electrons. The number of anilines is 1. The van der Waals surface area contributed by atoms with Crippen molar-refractivity contribution in [1.29, 1.82) is 0 Å². The minimum absolute atomic E-state index is 0.0716. The van der Waals surface area contributed by atoms with Gasteiger partial charge in [-0.3, -0.25) is 9.78 Å². The van der Waals surface area contributed by atoms with Crippen LogP contribution in [0.5, 0.6) is 0 Å². The number of hydrogen-bond acceptors (Lipinski definition) is 5. The van der Waals surface area contributed by atoms with Crippen molar-refractivity contribution in [1.82, 2.24) is 15.1 Å². The van der Waals surface area contributed by atoms with Gasteiger partial charge in [0.15, 0.2) is 5.82 Å². The maximum Gasteiger partial charge on any atom is 0.236 e. The van der Waals surface area contributed by atoms with E-state index in [0.717, 1.165) is 5.69 Å². The molecule has 2 aromatic rings. The molecule has 0 aromatic carbocycles. The van der Waals surface area contributed by atoms with Gasteiger partial charge in [-0.2, -0.15) is 4.98 Å². The van der Waals surface area contributed by atoms with Crippen LogP contribution < -0.4 is 5.32 Å². The van der Waals surface area contributed by atoms with Gasteiger partial charge >= 0.3 is 0 Å². The van der Waals surface area contributed by atoms with E-state index in [4.69, 9.17) is 4.52 Å². The molecule has 2 aromatic heterocycles. The van der Waals surface area contributed by atoms with E-state index >= 15 is 0 Å². The van der Waals surface area contributed by atoms with E-state index in [0.29, 0.717) is 17.4 Å². The Kier molecular flexibility index (Phi) is 3.13. The standard InChI is InChI=1S/C11H12N4O2/c1-7-5-9(3-4-12-7)14-10(16)6-11-13-8(2)15-17-11/h3-5H,6H2,1-2H3,(H,12,14,16). The van der Waals surface area contributed by atoms with Crippen molar-refractivity contribution in [2.45, 2.75) is 20.3 Å². The van der Waals surface area contributed by atoms with Crippen molar-refractivity contribution in [3.63, 3.8) is 0 Å². The van der Waals surface area contributed by atoms with Gasteiger partial charge in [-0.15, -0.1) is 0 Å². The van der Waals surface area contributed by atoms with Crippen LogP contribution in [0.25, 0.3) is 0 Å². The first kappa shape index (κ1) is 11.3. The summed E-state index contributed by atoms with van der Waals surface area (Å²) in [5, 5.41) is 6.35. The minimum Gasteiger partial charge on any atom is -0.339 e. The van der Waals surface area contributed by atoms with E-state index in [1.54, 1.807) is 25.3 Å². The van der Waals surface area contributed by atoms with Crippen LogP contribution in [0.4, 0.5) is 5.69 Å². The lowest BCUT2D eigenvalue weighted by atomic mass is 10.3. The molecule has 6 nitrogen and oxygen atoms in total. The zero-order valence-corrected chi connectivity index (χ0v) is 9.60. The second-order valence-electron chi connectivity index (χ2n) is 3.65. The van der Waals surface area contributed by atoms with Gasteiger partial charge in [0.05, 0.1) is 0 Å². The first-order valence-corrected chi connectivity index (χ1v) is 5.15. The average Bonchev–Trinajstić information content (AvgIpc) is 2.63. The molecule has 0 atom stereocenters. The second-order valence-corrected chi connectivity index (χ2v) is 3.65. The van der Waals surface area contributed by atoms with Gasteiger partial charge in [-0.25, -0.2) is 0 Å². The van der Waals surface area contributed by atoms with E-state index in [9.17, 15) is 4.79 Å². The SMILES string of the molecule is Cc1cc(NC(=O)Cc2nc(C)no2)ccn1. The molecule has 2 heterocycles. The van der Waals surface area contributed by atoms with Crippen molar-refractivity contribution < 1.29 is 9.32 Å². The fourth-order valence-electron chi connectivity index (χ4n) is 1.38. The summed E-state index contributed by atoms with van der Waals surface area (Å²) in [5.74, 6) is 0.637. The number of hydrogen-bond donors (Lipinski definition) is 1. The number of aryl methyl sites for hydroxylation is 2. The molecular weight excluding hydrogens is 220 g/mol. The van der Waals surface area contributed by atoms with Crippen LogP contribution >= 0.6 is 0 Å². The second kappa shape index (κ2) is 4.73. The molecule has 0 unspecified atom stereocenters. The van der Waals surface area contributed by atoms with Crippen LogP contribution in [-0.4, -0.2) is 21.0 Å². The van der Waals surface area contributed by atoms with Crippen LogP contribution in [0.15, 0.2) is 22.9 Å². The Morgan fingerprint density at radius 1 is 1.47 bits per heavy atom. The number of nitrogens with zero attached hydrogens (tertiary/aromatic N) is 3. The smallest absolute Gasteiger partial charge is 0.236 e. The lowest BCUT2D eigenvalue weighted by molar-refractivity contribution is -0.115. The lowest BCUT2D eigenvalue weighted by Gasteiger charge is -2.03. The summed E-state index contributed by atoms with van der Waals surface area (Å²) in [6.45, 7) is 3.56. The summed E-state index contributed by atoms with van der Waals surface area (Å²) < 4.78 is 4.86. The summed E-state index contributed by atoms with van der Waals surface area (Å²) >= 11 is 0. The predicted molar refractivity (Wildman–Crippen MR) is 60.3 cm³/mol. The first-order valence-electron chi connectivity index (χ1n) is 5.15. The first-order chi connectivity index (χ1) is 8.13. The molecule has 0 aliphatic rings. The van der Waals surface area contributed by atoms with Gasteiger partial charge in [-0.1, -0.05) is 5.16 Å². The molecule has 1 N–H and O–H groups in total. The number of nitrogens with one attached hydrogen (secondary N) is 1. The Bertz CT molecular complexity index is 536. The van der Waals surface area contributed by atoms with E-state index in [2.05, 4.69) is 20.4 Å². The number of rotatable bonds is 3. The molecule has 0 aliphatic carbocycles. The van der Waals surface area contributed by atoms with Gasteiger partial charge in [0.25, 0.3) is 0 Å². The molecule has 17 heavy (non-hydrogen) atoms. The number of aromatic nitrogens is 3. The molecule has 2 rings (SSSR count). The van der Waals surface area contributed by atoms with E-state index in [1.165, 1.54) is 0 Å². The van der Waals surface area contributed by atoms with Crippen LogP contribution in [0, 0.1) is 13.8 Å². The van der Waals surface area contributed by atoms with E-state index in [-0.39, 0.29) is 12.3 Å². The number of amides is 1. The van der Waals surface area contributed by atoms with Crippen molar-refractivity contribution in [2.24, 2.45) is 0 Å². The Hall–Kier alpha value is -2.24. The number of pyridine rings is 1. The highest BCUT2D eigenvalue weighted by Gasteiger charge is 2.09. The Balaban J connectivity index is 1.98. The number of carbonyl (C=O) groups excluding carboxylic acids is 1. The highest BCUT2D eigenvalue weighted by molar-refractivity contribution is 5.91. The highest BCUT2D eigenvalue weighted by Crippen LogP contribution is 2.07. The van der Waals surface area contributed by atoms with Crippen molar-refractivity contribution >= 4 is 11.6 Å². The van der Waals surface area contributed by atoms with Crippen LogP contribution in [0.3, 0.4) is 0 Å². The Labute approximate surface area is 98.1 Å². The predicted octanol–water partition coefficient (Wildman–Crippen LogP) is 1.26. The van der Waals surface area contributed by atoms with Crippen molar-refractivity contribution in [2.75, 3.05) is 5.32 Å². The molecule has 0 aliphatic heterocycles. The molecule has 0 fully saturated rings. The maximum atomic E-state index is 11.6. The molecular formula is C11H12N4O2. The minimum atomic E-state index is -0.195. The average molecular weight is 232 g/mol. The summed E-state index contributed by atoms with van der Waals surface area (Å²) in [7, 11) is 0. The van der Waals surface area contributed by atoms with E-state index < -0.39 is 0 Å². The van der Waals surface area contributed by atoms with Gasteiger partial charge in [-0.05, 0) is 26.0 Å². The monoisotopic (exact) mass is 232 g/mol. The Morgan fingerprint density at radius 2 is 2.29 bits per heavy atom. The largest absolute Gasteiger partial charge is 0.339 e. The zero-order valence-electron chi connectivity index (χ0n) is 9.60. The quantitative estimate of drug-likeness (QED) is 0.861. The molecule has 0 saturated heterocycles. The fourth-order valence-corrected chi connectivity index (χ4v) is 1.38. The molecule has 0 radical (unpaired) electrons. The normalized spacial score (nSPS) is 10.2. The van der Waals surface area contributed by atoms with Gasteiger partial charge in [0.1, 0.15) is 6.42 Å². The van der Waals surface area contributed by atoms with Crippen LogP contribution in [0.1, 0.15) is 17.4 Å². The van der Waals surface area contributed by atoms with Gasteiger partial charge in [0.2, 0.25) is 11.8 Å². The maximum absolute atomic E-state index is 11.6. The highest BCUT2D eigenvalue weighted by atomic mass is 16.5. The molecule has 6 heteroatoms. The summed E-state index contributed by atoms with van der Waals surface area (Å²) in [6, 6.07) is 3.51. The summed E-state index contributed by atoms with van der Waals surface area (Å²) in [5.41, 5.74) is 1.55. The van der Waals surface area contributed by atoms with Crippen LogP contribution in [-0.2, 0) is 11.2 Å². The number of carbonyl (C=O) groups is 1. The van der Waals surface area contributed by atoms with Crippen molar-refractivity contribution in [3.8, 4) is 0 Å². The van der Waals surface area contributed by atoms with E-state index in [1.807, 2.05) is 6.92 Å². The Morgan fingerprint density at radius 3 is 2.94 bits per heavy atom. The van der Waals surface area contributed by atoms with Crippen molar-refractivity contribution in [3.05, 3.63) is 35.7 Å². The van der Waals surface area contributed by atoms with Gasteiger partial charge in [0, 0.05) is 17.6 Å². The third-order valence-corrected chi connectivity index (χ3v) is 2.06. The zero-order chi connectivity index (χ0) is 12.3. The molecule has 0 bridgehead atoms. The topological polar surface area (TPSA) is 80.9 Å². The molecule has 0 saturated carbocycles. The van der Waals surface area contributed by atoms with Crippen LogP contribution in [0.2, 0.25) is 0 Å². The lowest BCUT2D eigenvalue weighted by Crippen LogP contribution is -2.14.